The molecule has 33 heavy (non-hydrogen) atoms. The van der Waals surface area contributed by atoms with Crippen molar-refractivity contribution in [3.05, 3.63) is 42.0 Å². The number of rotatable bonds is 10. The largest absolute Gasteiger partial charge is 0.497 e. The number of ether oxygens (including phenoxy) is 4. The van der Waals surface area contributed by atoms with Crippen molar-refractivity contribution in [1.29, 1.82) is 0 Å². The van der Waals surface area contributed by atoms with E-state index >= 15 is 0 Å². The van der Waals surface area contributed by atoms with E-state index in [4.69, 9.17) is 18.9 Å². The number of fused-ring (bicyclic) bond motifs is 1. The van der Waals surface area contributed by atoms with E-state index in [9.17, 15) is 4.79 Å². The maximum Gasteiger partial charge on any atom is 0.252 e. The van der Waals surface area contributed by atoms with E-state index in [2.05, 4.69) is 4.98 Å². The lowest BCUT2D eigenvalue weighted by Crippen LogP contribution is -2.35. The summed E-state index contributed by atoms with van der Waals surface area (Å²) in [5.74, 6) is 2.13. The van der Waals surface area contributed by atoms with Gasteiger partial charge in [0.25, 0.3) is 5.91 Å². The van der Waals surface area contributed by atoms with Gasteiger partial charge in [-0.3, -0.25) is 9.69 Å². The minimum absolute atomic E-state index is 0.170. The predicted octanol–water partition coefficient (Wildman–Crippen LogP) is 3.94. The number of thiazole rings is 1. The van der Waals surface area contributed by atoms with Crippen LogP contribution in [0.2, 0.25) is 0 Å². The van der Waals surface area contributed by atoms with Crippen LogP contribution in [-0.2, 0) is 4.79 Å². The fourth-order valence-electron chi connectivity index (χ4n) is 3.19. The molecule has 0 bridgehead atoms. The molecule has 0 saturated heterocycles. The van der Waals surface area contributed by atoms with Gasteiger partial charge in [-0.25, -0.2) is 4.98 Å². The molecular weight excluding hydrogens is 442 g/mol. The smallest absolute Gasteiger partial charge is 0.252 e. The maximum atomic E-state index is 13.2. The molecule has 176 valence electrons. The molecular formula is C24H29N3O5S. The zero-order valence-corrected chi connectivity index (χ0v) is 20.6. The van der Waals surface area contributed by atoms with Crippen molar-refractivity contribution >= 4 is 38.7 Å². The van der Waals surface area contributed by atoms with E-state index in [0.717, 1.165) is 21.5 Å². The van der Waals surface area contributed by atoms with Crippen LogP contribution in [0.15, 0.2) is 36.4 Å². The standard InChI is InChI=1S/C24H29N3O5S/c1-26(2)11-12-27(24-25-18-9-8-17(29-3)15-21(18)33-24)22(28)10-7-16-13-19(30-4)23(32-6)20(14-16)31-5/h7-10,13-15H,11-12H2,1-6H3/b10-7+. The van der Waals surface area contributed by atoms with Crippen LogP contribution in [-0.4, -0.2) is 71.4 Å². The van der Waals surface area contributed by atoms with Crippen LogP contribution in [0.1, 0.15) is 5.56 Å². The molecule has 0 N–H and O–H groups in total. The van der Waals surface area contributed by atoms with E-state index < -0.39 is 0 Å². The van der Waals surface area contributed by atoms with Gasteiger partial charge in [-0.15, -0.1) is 0 Å². The van der Waals surface area contributed by atoms with Crippen LogP contribution in [0.5, 0.6) is 23.0 Å². The van der Waals surface area contributed by atoms with Gasteiger partial charge in [0.15, 0.2) is 16.6 Å². The van der Waals surface area contributed by atoms with Crippen molar-refractivity contribution in [2.24, 2.45) is 0 Å². The average Bonchev–Trinajstić information content (AvgIpc) is 3.24. The summed E-state index contributed by atoms with van der Waals surface area (Å²) in [5.41, 5.74) is 1.58. The summed E-state index contributed by atoms with van der Waals surface area (Å²) in [6.45, 7) is 1.20. The van der Waals surface area contributed by atoms with E-state index in [1.54, 1.807) is 51.5 Å². The molecule has 2 aromatic carbocycles. The predicted molar refractivity (Wildman–Crippen MR) is 132 cm³/mol. The van der Waals surface area contributed by atoms with Gasteiger partial charge in [0.1, 0.15) is 5.75 Å². The molecule has 0 fully saturated rings. The summed E-state index contributed by atoms with van der Waals surface area (Å²) >= 11 is 1.46. The first-order valence-corrected chi connectivity index (χ1v) is 11.1. The molecule has 1 aromatic heterocycles. The van der Waals surface area contributed by atoms with Gasteiger partial charge in [0, 0.05) is 19.2 Å². The number of hydrogen-bond acceptors (Lipinski definition) is 8. The Labute approximate surface area is 197 Å². The monoisotopic (exact) mass is 471 g/mol. The van der Waals surface area contributed by atoms with Crippen molar-refractivity contribution < 1.29 is 23.7 Å². The Morgan fingerprint density at radius 1 is 0.970 bits per heavy atom. The van der Waals surface area contributed by atoms with Crippen molar-refractivity contribution in [3.63, 3.8) is 0 Å². The minimum Gasteiger partial charge on any atom is -0.497 e. The molecule has 0 atom stereocenters. The molecule has 3 aromatic rings. The fourth-order valence-corrected chi connectivity index (χ4v) is 4.22. The molecule has 0 spiro atoms. The maximum absolute atomic E-state index is 13.2. The van der Waals surface area contributed by atoms with E-state index in [0.29, 0.717) is 35.5 Å². The van der Waals surface area contributed by atoms with Crippen molar-refractivity contribution in [3.8, 4) is 23.0 Å². The van der Waals surface area contributed by atoms with Gasteiger partial charge >= 0.3 is 0 Å². The lowest BCUT2D eigenvalue weighted by Gasteiger charge is -2.20. The number of carbonyl (C=O) groups is 1. The first-order chi connectivity index (χ1) is 15.9. The summed E-state index contributed by atoms with van der Waals surface area (Å²) in [7, 11) is 10.2. The highest BCUT2D eigenvalue weighted by molar-refractivity contribution is 7.22. The van der Waals surface area contributed by atoms with E-state index in [1.165, 1.54) is 17.4 Å². The second kappa shape index (κ2) is 11.0. The first-order valence-electron chi connectivity index (χ1n) is 10.3. The molecule has 8 nitrogen and oxygen atoms in total. The van der Waals surface area contributed by atoms with Crippen LogP contribution in [0, 0.1) is 0 Å². The fraction of sp³-hybridized carbons (Fsp3) is 0.333. The highest BCUT2D eigenvalue weighted by Gasteiger charge is 2.19. The molecule has 0 aliphatic carbocycles. The Hall–Kier alpha value is -3.30. The van der Waals surface area contributed by atoms with E-state index in [-0.39, 0.29) is 5.91 Å². The van der Waals surface area contributed by atoms with Crippen LogP contribution < -0.4 is 23.8 Å². The van der Waals surface area contributed by atoms with E-state index in [1.807, 2.05) is 37.2 Å². The van der Waals surface area contributed by atoms with Gasteiger partial charge in [-0.1, -0.05) is 11.3 Å². The highest BCUT2D eigenvalue weighted by atomic mass is 32.1. The van der Waals surface area contributed by atoms with Gasteiger partial charge in [-0.2, -0.15) is 0 Å². The Kier molecular flexibility index (Phi) is 8.13. The Morgan fingerprint density at radius 2 is 1.67 bits per heavy atom. The third-order valence-corrected chi connectivity index (χ3v) is 6.00. The third-order valence-electron chi connectivity index (χ3n) is 4.96. The zero-order valence-electron chi connectivity index (χ0n) is 19.7. The average molecular weight is 472 g/mol. The number of likely N-dealkylation sites (N-methyl/N-ethyl adjacent to an activating group) is 1. The van der Waals surface area contributed by atoms with Crippen molar-refractivity contribution in [2.45, 2.75) is 0 Å². The Balaban J connectivity index is 1.92. The topological polar surface area (TPSA) is 73.4 Å². The van der Waals surface area contributed by atoms with Crippen LogP contribution in [0.25, 0.3) is 16.3 Å². The summed E-state index contributed by atoms with van der Waals surface area (Å²) in [6.07, 6.45) is 3.26. The number of aromatic nitrogens is 1. The summed E-state index contributed by atoms with van der Waals surface area (Å²) in [6, 6.07) is 9.27. The molecule has 0 aliphatic rings. The molecule has 0 unspecified atom stereocenters. The number of methoxy groups -OCH3 is 4. The lowest BCUT2D eigenvalue weighted by molar-refractivity contribution is -0.114. The Bertz CT molecular complexity index is 1120. The third kappa shape index (κ3) is 5.74. The number of anilines is 1. The quantitative estimate of drug-likeness (QED) is 0.415. The molecule has 1 amide bonds. The van der Waals surface area contributed by atoms with Gasteiger partial charge in [-0.05, 0) is 56.1 Å². The first kappa shape index (κ1) is 24.3. The number of benzene rings is 2. The molecule has 0 saturated carbocycles. The highest BCUT2D eigenvalue weighted by Crippen LogP contribution is 2.38. The number of carbonyl (C=O) groups excluding carboxylic acids is 1. The number of hydrogen-bond donors (Lipinski definition) is 0. The van der Waals surface area contributed by atoms with Gasteiger partial charge in [0.05, 0.1) is 38.7 Å². The van der Waals surface area contributed by atoms with Gasteiger partial charge < -0.3 is 23.8 Å². The van der Waals surface area contributed by atoms with Crippen LogP contribution in [0.4, 0.5) is 5.13 Å². The zero-order chi connectivity index (χ0) is 24.0. The molecule has 9 heteroatoms. The van der Waals surface area contributed by atoms with Gasteiger partial charge in [0.2, 0.25) is 5.75 Å². The molecule has 0 radical (unpaired) electrons. The SMILES string of the molecule is COc1ccc2nc(N(CCN(C)C)C(=O)/C=C/c3cc(OC)c(OC)c(OC)c3)sc2c1. The second-order valence-electron chi connectivity index (χ2n) is 7.42. The number of nitrogens with zero attached hydrogens (tertiary/aromatic N) is 3. The van der Waals surface area contributed by atoms with Crippen molar-refractivity contribution in [2.75, 3.05) is 60.5 Å². The van der Waals surface area contributed by atoms with Crippen LogP contribution in [0.3, 0.4) is 0 Å². The molecule has 0 aliphatic heterocycles. The summed E-state index contributed by atoms with van der Waals surface area (Å²) < 4.78 is 22.4. The lowest BCUT2D eigenvalue weighted by atomic mass is 10.1. The normalized spacial score (nSPS) is 11.2. The molecule has 3 rings (SSSR count). The summed E-state index contributed by atoms with van der Waals surface area (Å²) in [4.78, 5) is 21.6. The van der Waals surface area contributed by atoms with Crippen LogP contribution >= 0.6 is 11.3 Å². The second-order valence-corrected chi connectivity index (χ2v) is 8.42. The summed E-state index contributed by atoms with van der Waals surface area (Å²) in [5, 5.41) is 0.639. The minimum atomic E-state index is -0.170. The number of amides is 1. The Morgan fingerprint density at radius 3 is 2.24 bits per heavy atom. The molecule has 1 heterocycles. The van der Waals surface area contributed by atoms with Crippen molar-refractivity contribution in [1.82, 2.24) is 9.88 Å².